The van der Waals surface area contributed by atoms with Crippen LogP contribution < -0.4 is 0 Å². The molecule has 0 saturated heterocycles. The standard InChI is InChI=1S/C21H21N3O/c1-13-16-11-10-15-18(14-8-6-5-7-9-14)24(4)23-20(15)21(16,2)12-17(22-3)19(13)25/h5-9,12-13,16H,10-11H2,1-2,4H3/t13-,16-,21-/m0/s1. The molecular weight excluding hydrogens is 310 g/mol. The molecule has 0 unspecified atom stereocenters. The summed E-state index contributed by atoms with van der Waals surface area (Å²) in [6.45, 7) is 11.5. The van der Waals surface area contributed by atoms with Gasteiger partial charge in [0.15, 0.2) is 5.78 Å². The van der Waals surface area contributed by atoms with E-state index in [1.54, 1.807) is 0 Å². The Morgan fingerprint density at radius 1 is 1.32 bits per heavy atom. The van der Waals surface area contributed by atoms with Crippen LogP contribution in [0.1, 0.15) is 31.5 Å². The summed E-state index contributed by atoms with van der Waals surface area (Å²) in [4.78, 5) is 16.0. The lowest BCUT2D eigenvalue weighted by molar-refractivity contribution is -0.121. The smallest absolute Gasteiger partial charge is 0.226 e. The summed E-state index contributed by atoms with van der Waals surface area (Å²) in [5.74, 6) is 0.0612. The molecule has 1 heterocycles. The Morgan fingerprint density at radius 2 is 2.04 bits per heavy atom. The van der Waals surface area contributed by atoms with Gasteiger partial charge in [-0.1, -0.05) is 50.3 Å². The maximum absolute atomic E-state index is 12.5. The van der Waals surface area contributed by atoms with Gasteiger partial charge in [0.2, 0.25) is 5.70 Å². The molecule has 0 aliphatic heterocycles. The molecule has 0 fully saturated rings. The molecule has 126 valence electrons. The Hall–Kier alpha value is -2.67. The van der Waals surface area contributed by atoms with E-state index in [-0.39, 0.29) is 28.7 Å². The fourth-order valence-corrected chi connectivity index (χ4v) is 4.77. The van der Waals surface area contributed by atoms with Crippen LogP contribution in [0.15, 0.2) is 42.1 Å². The molecule has 0 saturated carbocycles. The second-order valence-electron chi connectivity index (χ2n) is 7.39. The zero-order valence-corrected chi connectivity index (χ0v) is 14.8. The third kappa shape index (κ3) is 2.12. The number of aromatic nitrogens is 2. The molecule has 0 N–H and O–H groups in total. The Kier molecular flexibility index (Phi) is 3.43. The molecule has 3 atom stereocenters. The van der Waals surface area contributed by atoms with E-state index in [0.717, 1.165) is 29.8 Å². The minimum atomic E-state index is -0.356. The number of hydrogen-bond donors (Lipinski definition) is 0. The first-order chi connectivity index (χ1) is 12.0. The van der Waals surface area contributed by atoms with E-state index in [1.807, 2.05) is 42.9 Å². The van der Waals surface area contributed by atoms with Gasteiger partial charge in [-0.3, -0.25) is 4.68 Å². The average molecular weight is 331 g/mol. The van der Waals surface area contributed by atoms with Crippen molar-refractivity contribution in [1.29, 1.82) is 0 Å². The van der Waals surface area contributed by atoms with Crippen molar-refractivity contribution in [3.63, 3.8) is 0 Å². The third-order valence-corrected chi connectivity index (χ3v) is 6.00. The first-order valence-corrected chi connectivity index (χ1v) is 8.73. The van der Waals surface area contributed by atoms with Gasteiger partial charge in [-0.05, 0) is 18.8 Å². The van der Waals surface area contributed by atoms with Gasteiger partial charge in [0, 0.05) is 29.5 Å². The van der Waals surface area contributed by atoms with Gasteiger partial charge >= 0.3 is 0 Å². The topological polar surface area (TPSA) is 39.2 Å². The monoisotopic (exact) mass is 331 g/mol. The number of allylic oxidation sites excluding steroid dienone is 2. The maximum atomic E-state index is 12.5. The highest BCUT2D eigenvalue weighted by Gasteiger charge is 2.50. The minimum absolute atomic E-state index is 0.0138. The highest BCUT2D eigenvalue weighted by atomic mass is 16.1. The number of ketones is 1. The Balaban J connectivity index is 1.94. The molecule has 4 nitrogen and oxygen atoms in total. The van der Waals surface area contributed by atoms with Crippen molar-refractivity contribution in [2.45, 2.75) is 32.1 Å². The molecule has 4 heteroatoms. The summed E-state index contributed by atoms with van der Waals surface area (Å²) < 4.78 is 1.96. The molecule has 0 spiro atoms. The highest BCUT2D eigenvalue weighted by molar-refractivity contribution is 6.00. The third-order valence-electron chi connectivity index (χ3n) is 6.00. The summed E-state index contributed by atoms with van der Waals surface area (Å²) in [6, 6.07) is 10.3. The molecule has 0 amide bonds. The van der Waals surface area contributed by atoms with E-state index >= 15 is 0 Å². The molecular formula is C21H21N3O. The van der Waals surface area contributed by atoms with Crippen molar-refractivity contribution < 1.29 is 4.79 Å². The van der Waals surface area contributed by atoms with Crippen molar-refractivity contribution in [1.82, 2.24) is 9.78 Å². The van der Waals surface area contributed by atoms with E-state index in [2.05, 4.69) is 23.9 Å². The lowest BCUT2D eigenvalue weighted by atomic mass is 9.58. The van der Waals surface area contributed by atoms with Crippen molar-refractivity contribution in [3.8, 4) is 11.3 Å². The number of fused-ring (bicyclic) bond motifs is 3. The van der Waals surface area contributed by atoms with Crippen LogP contribution in [0.3, 0.4) is 0 Å². The number of rotatable bonds is 1. The van der Waals surface area contributed by atoms with Crippen molar-refractivity contribution in [2.75, 3.05) is 0 Å². The van der Waals surface area contributed by atoms with Crippen LogP contribution in [0.4, 0.5) is 0 Å². The number of carbonyl (C=O) groups is 1. The normalized spacial score (nSPS) is 27.9. The minimum Gasteiger partial charge on any atom is -0.308 e. The lowest BCUT2D eigenvalue weighted by Crippen LogP contribution is -2.45. The van der Waals surface area contributed by atoms with Gasteiger partial charge in [-0.15, -0.1) is 0 Å². The molecule has 1 aromatic heterocycles. The van der Waals surface area contributed by atoms with Gasteiger partial charge in [0.1, 0.15) is 0 Å². The number of benzene rings is 1. The number of aryl methyl sites for hydroxylation is 1. The van der Waals surface area contributed by atoms with Crippen molar-refractivity contribution in [3.05, 3.63) is 64.8 Å². The van der Waals surface area contributed by atoms with Gasteiger partial charge in [-0.25, -0.2) is 4.85 Å². The van der Waals surface area contributed by atoms with E-state index < -0.39 is 0 Å². The Bertz CT molecular complexity index is 932. The van der Waals surface area contributed by atoms with E-state index in [0.29, 0.717) is 0 Å². The molecule has 2 aliphatic rings. The number of Topliss-reactive ketones (excluding diaryl/α,β-unsaturated/α-hetero) is 1. The second-order valence-corrected chi connectivity index (χ2v) is 7.39. The molecule has 25 heavy (non-hydrogen) atoms. The zero-order chi connectivity index (χ0) is 17.8. The van der Waals surface area contributed by atoms with Crippen LogP contribution in [0, 0.1) is 18.4 Å². The molecule has 2 aliphatic carbocycles. The fourth-order valence-electron chi connectivity index (χ4n) is 4.77. The molecule has 0 radical (unpaired) electrons. The van der Waals surface area contributed by atoms with Crippen LogP contribution in [0.5, 0.6) is 0 Å². The number of hydrogen-bond acceptors (Lipinski definition) is 2. The summed E-state index contributed by atoms with van der Waals surface area (Å²) in [6.07, 6.45) is 3.75. The van der Waals surface area contributed by atoms with Crippen LogP contribution in [-0.4, -0.2) is 15.6 Å². The van der Waals surface area contributed by atoms with Crippen LogP contribution in [0.25, 0.3) is 16.1 Å². The predicted molar refractivity (Wildman–Crippen MR) is 96.7 cm³/mol. The maximum Gasteiger partial charge on any atom is 0.226 e. The van der Waals surface area contributed by atoms with E-state index in [4.69, 9.17) is 11.7 Å². The fraction of sp³-hybridized carbons (Fsp3) is 0.381. The molecule has 1 aromatic carbocycles. The van der Waals surface area contributed by atoms with Crippen LogP contribution >= 0.6 is 0 Å². The SMILES string of the molecule is [C-]#[N+]C1=C[C@]2(C)c3nn(C)c(-c4ccccc4)c3CC[C@H]2[C@H](C)C1=O. The Morgan fingerprint density at radius 3 is 2.72 bits per heavy atom. The largest absolute Gasteiger partial charge is 0.308 e. The predicted octanol–water partition coefficient (Wildman–Crippen LogP) is 3.93. The zero-order valence-electron chi connectivity index (χ0n) is 14.8. The summed E-state index contributed by atoms with van der Waals surface area (Å²) in [5.41, 5.74) is 4.52. The molecule has 4 rings (SSSR count). The van der Waals surface area contributed by atoms with E-state index in [1.165, 1.54) is 5.56 Å². The van der Waals surface area contributed by atoms with E-state index in [9.17, 15) is 4.79 Å². The molecule has 0 bridgehead atoms. The lowest BCUT2D eigenvalue weighted by Gasteiger charge is -2.44. The van der Waals surface area contributed by atoms with Crippen molar-refractivity contribution >= 4 is 5.78 Å². The van der Waals surface area contributed by atoms with Gasteiger partial charge < -0.3 is 4.79 Å². The first kappa shape index (κ1) is 15.8. The van der Waals surface area contributed by atoms with Crippen LogP contribution in [0.2, 0.25) is 0 Å². The average Bonchev–Trinajstić information content (AvgIpc) is 2.96. The second kappa shape index (κ2) is 5.42. The molecule has 2 aromatic rings. The van der Waals surface area contributed by atoms with Crippen LogP contribution in [-0.2, 0) is 23.7 Å². The number of nitrogens with zero attached hydrogens (tertiary/aromatic N) is 3. The van der Waals surface area contributed by atoms with Gasteiger partial charge in [0.25, 0.3) is 0 Å². The summed E-state index contributed by atoms with van der Waals surface area (Å²) in [7, 11) is 1.98. The van der Waals surface area contributed by atoms with Gasteiger partial charge in [0.05, 0.1) is 18.0 Å². The Labute approximate surface area is 148 Å². The summed E-state index contributed by atoms with van der Waals surface area (Å²) in [5, 5.41) is 4.87. The van der Waals surface area contributed by atoms with Gasteiger partial charge in [-0.2, -0.15) is 5.10 Å². The number of carbonyl (C=O) groups excluding carboxylic acids is 1. The quantitative estimate of drug-likeness (QED) is 0.743. The highest BCUT2D eigenvalue weighted by Crippen LogP contribution is 2.51. The van der Waals surface area contributed by atoms with Crippen molar-refractivity contribution in [2.24, 2.45) is 18.9 Å². The summed E-state index contributed by atoms with van der Waals surface area (Å²) >= 11 is 0. The first-order valence-electron chi connectivity index (χ1n) is 8.73.